The maximum Gasteiger partial charge on any atom is 0.255 e. The summed E-state index contributed by atoms with van der Waals surface area (Å²) in [4.78, 5) is 12.4. The van der Waals surface area contributed by atoms with Crippen molar-refractivity contribution in [1.29, 1.82) is 0 Å². The molecular weight excluding hydrogens is 354 g/mol. The number of hydrogen-bond acceptors (Lipinski definition) is 4. The fourth-order valence-corrected chi connectivity index (χ4v) is 3.05. The van der Waals surface area contributed by atoms with Gasteiger partial charge in [-0.3, -0.25) is 4.79 Å². The maximum atomic E-state index is 12.4. The van der Waals surface area contributed by atoms with E-state index in [1.54, 1.807) is 12.1 Å². The van der Waals surface area contributed by atoms with Gasteiger partial charge in [0.1, 0.15) is 18.1 Å². The highest BCUT2D eigenvalue weighted by atomic mass is 16.5. The Hall–Kier alpha value is -2.53. The second-order valence-corrected chi connectivity index (χ2v) is 7.00. The van der Waals surface area contributed by atoms with Gasteiger partial charge >= 0.3 is 0 Å². The van der Waals surface area contributed by atoms with E-state index < -0.39 is 0 Å². The predicted octanol–water partition coefficient (Wildman–Crippen LogP) is 5.07. The zero-order chi connectivity index (χ0) is 19.6. The van der Waals surface area contributed by atoms with E-state index in [0.717, 1.165) is 43.1 Å². The molecule has 3 rings (SSSR count). The summed E-state index contributed by atoms with van der Waals surface area (Å²) in [6.45, 7) is 4.27. The van der Waals surface area contributed by atoms with Gasteiger partial charge in [-0.25, -0.2) is 0 Å². The molecule has 1 N–H and O–H groups in total. The van der Waals surface area contributed by atoms with E-state index in [-0.39, 0.29) is 12.0 Å². The van der Waals surface area contributed by atoms with Crippen LogP contribution in [0.15, 0.2) is 48.5 Å². The molecule has 1 amide bonds. The quantitative estimate of drug-likeness (QED) is 0.582. The second-order valence-electron chi connectivity index (χ2n) is 7.00. The average molecular weight is 383 g/mol. The molecule has 1 atom stereocenters. The molecule has 1 unspecified atom stereocenters. The van der Waals surface area contributed by atoms with Crippen molar-refractivity contribution in [3.63, 3.8) is 0 Å². The molecule has 1 aliphatic heterocycles. The van der Waals surface area contributed by atoms with E-state index in [1.165, 1.54) is 12.8 Å². The van der Waals surface area contributed by atoms with Crippen molar-refractivity contribution in [2.24, 2.45) is 0 Å². The lowest BCUT2D eigenvalue weighted by Crippen LogP contribution is -2.16. The van der Waals surface area contributed by atoms with Gasteiger partial charge in [-0.05, 0) is 67.8 Å². The third-order valence-corrected chi connectivity index (χ3v) is 4.71. The molecule has 0 spiro atoms. The Kier molecular flexibility index (Phi) is 7.73. The van der Waals surface area contributed by atoms with Crippen molar-refractivity contribution in [2.75, 3.05) is 25.1 Å². The van der Waals surface area contributed by atoms with Gasteiger partial charge in [0.05, 0.1) is 12.7 Å². The van der Waals surface area contributed by atoms with Gasteiger partial charge in [-0.1, -0.05) is 19.8 Å². The molecule has 1 fully saturated rings. The van der Waals surface area contributed by atoms with Crippen LogP contribution in [-0.4, -0.2) is 31.8 Å². The number of benzene rings is 2. The number of ether oxygens (including phenoxy) is 3. The Bertz CT molecular complexity index is 721. The van der Waals surface area contributed by atoms with Gasteiger partial charge < -0.3 is 19.5 Å². The lowest BCUT2D eigenvalue weighted by Gasteiger charge is -2.12. The fourth-order valence-electron chi connectivity index (χ4n) is 3.05. The molecular formula is C23H29NO4. The third kappa shape index (κ3) is 6.27. The predicted molar refractivity (Wildman–Crippen MR) is 110 cm³/mol. The zero-order valence-corrected chi connectivity index (χ0v) is 16.5. The molecule has 1 saturated heterocycles. The topological polar surface area (TPSA) is 56.8 Å². The van der Waals surface area contributed by atoms with Crippen LogP contribution in [0.3, 0.4) is 0 Å². The lowest BCUT2D eigenvalue weighted by atomic mass is 10.2. The summed E-state index contributed by atoms with van der Waals surface area (Å²) >= 11 is 0. The van der Waals surface area contributed by atoms with Gasteiger partial charge in [-0.15, -0.1) is 0 Å². The second kappa shape index (κ2) is 10.7. The van der Waals surface area contributed by atoms with Crippen LogP contribution in [0.1, 0.15) is 49.4 Å². The van der Waals surface area contributed by atoms with Crippen LogP contribution in [-0.2, 0) is 4.74 Å². The number of hydrogen-bond donors (Lipinski definition) is 1. The molecule has 1 heterocycles. The summed E-state index contributed by atoms with van der Waals surface area (Å²) in [5, 5.41) is 2.90. The highest BCUT2D eigenvalue weighted by molar-refractivity contribution is 6.04. The molecule has 0 aliphatic carbocycles. The molecule has 0 bridgehead atoms. The van der Waals surface area contributed by atoms with Crippen LogP contribution in [0.25, 0.3) is 0 Å². The Balaban J connectivity index is 1.45. The number of amides is 1. The van der Waals surface area contributed by atoms with Crippen LogP contribution in [0, 0.1) is 0 Å². The number of carbonyl (C=O) groups excluding carboxylic acids is 1. The first kappa shape index (κ1) is 20.2. The van der Waals surface area contributed by atoms with Crippen molar-refractivity contribution >= 4 is 11.6 Å². The monoisotopic (exact) mass is 383 g/mol. The number of nitrogens with one attached hydrogen (secondary N) is 1. The highest BCUT2D eigenvalue weighted by Crippen LogP contribution is 2.19. The van der Waals surface area contributed by atoms with Crippen molar-refractivity contribution < 1.29 is 19.0 Å². The Morgan fingerprint density at radius 3 is 2.43 bits per heavy atom. The van der Waals surface area contributed by atoms with Gasteiger partial charge in [-0.2, -0.15) is 0 Å². The van der Waals surface area contributed by atoms with Crippen LogP contribution in [0.5, 0.6) is 11.5 Å². The lowest BCUT2D eigenvalue weighted by molar-refractivity contribution is 0.0679. The minimum absolute atomic E-state index is 0.148. The molecule has 2 aromatic rings. The molecule has 28 heavy (non-hydrogen) atoms. The average Bonchev–Trinajstić information content (AvgIpc) is 3.25. The first-order valence-corrected chi connectivity index (χ1v) is 10.1. The standard InChI is InChI=1S/C23H29NO4/c1-2-3-4-15-26-20-11-7-18(8-12-20)23(25)24-19-9-13-21(14-10-19)28-17-22-6-5-16-27-22/h7-14,22H,2-6,15-17H2,1H3,(H,24,25). The number of unbranched alkanes of at least 4 members (excludes halogenated alkanes) is 2. The summed E-state index contributed by atoms with van der Waals surface area (Å²) in [6.07, 6.45) is 5.73. The molecule has 0 aromatic heterocycles. The van der Waals surface area contributed by atoms with E-state index in [4.69, 9.17) is 14.2 Å². The Morgan fingerprint density at radius 2 is 1.75 bits per heavy atom. The van der Waals surface area contributed by atoms with E-state index in [2.05, 4.69) is 12.2 Å². The molecule has 0 saturated carbocycles. The van der Waals surface area contributed by atoms with Gasteiger partial charge in [0.15, 0.2) is 0 Å². The highest BCUT2D eigenvalue weighted by Gasteiger charge is 2.16. The number of anilines is 1. The number of carbonyl (C=O) groups is 1. The smallest absolute Gasteiger partial charge is 0.255 e. The van der Waals surface area contributed by atoms with E-state index in [0.29, 0.717) is 18.8 Å². The maximum absolute atomic E-state index is 12.4. The van der Waals surface area contributed by atoms with Crippen molar-refractivity contribution in [3.8, 4) is 11.5 Å². The first-order chi connectivity index (χ1) is 13.7. The van der Waals surface area contributed by atoms with Gasteiger partial charge in [0.25, 0.3) is 5.91 Å². The fraction of sp³-hybridized carbons (Fsp3) is 0.435. The van der Waals surface area contributed by atoms with Crippen LogP contribution in [0.2, 0.25) is 0 Å². The van der Waals surface area contributed by atoms with E-state index >= 15 is 0 Å². The van der Waals surface area contributed by atoms with E-state index in [1.807, 2.05) is 36.4 Å². The minimum atomic E-state index is -0.148. The third-order valence-electron chi connectivity index (χ3n) is 4.71. The van der Waals surface area contributed by atoms with Crippen molar-refractivity contribution in [3.05, 3.63) is 54.1 Å². The normalized spacial score (nSPS) is 16.0. The van der Waals surface area contributed by atoms with E-state index in [9.17, 15) is 4.79 Å². The van der Waals surface area contributed by atoms with Gasteiger partial charge in [0, 0.05) is 17.9 Å². The van der Waals surface area contributed by atoms with Crippen LogP contribution < -0.4 is 14.8 Å². The van der Waals surface area contributed by atoms with Crippen molar-refractivity contribution in [1.82, 2.24) is 0 Å². The summed E-state index contributed by atoms with van der Waals surface area (Å²) in [5.41, 5.74) is 1.33. The summed E-state index contributed by atoms with van der Waals surface area (Å²) in [6, 6.07) is 14.6. The van der Waals surface area contributed by atoms with Crippen LogP contribution in [0.4, 0.5) is 5.69 Å². The molecule has 1 aliphatic rings. The molecule has 5 nitrogen and oxygen atoms in total. The largest absolute Gasteiger partial charge is 0.494 e. The Morgan fingerprint density at radius 1 is 1.04 bits per heavy atom. The van der Waals surface area contributed by atoms with Crippen LogP contribution >= 0.6 is 0 Å². The first-order valence-electron chi connectivity index (χ1n) is 10.1. The summed E-state index contributed by atoms with van der Waals surface area (Å²) in [7, 11) is 0. The molecule has 5 heteroatoms. The molecule has 2 aromatic carbocycles. The Labute approximate surface area is 167 Å². The SMILES string of the molecule is CCCCCOc1ccc(C(=O)Nc2ccc(OCC3CCCO3)cc2)cc1. The summed E-state index contributed by atoms with van der Waals surface area (Å²) < 4.78 is 17.0. The summed E-state index contributed by atoms with van der Waals surface area (Å²) in [5.74, 6) is 1.42. The number of rotatable bonds is 10. The molecule has 150 valence electrons. The van der Waals surface area contributed by atoms with Gasteiger partial charge in [0.2, 0.25) is 0 Å². The minimum Gasteiger partial charge on any atom is -0.494 e. The zero-order valence-electron chi connectivity index (χ0n) is 16.5. The molecule has 0 radical (unpaired) electrons. The van der Waals surface area contributed by atoms with Crippen molar-refractivity contribution in [2.45, 2.75) is 45.1 Å².